The largest absolute Gasteiger partial charge is 0.350 e. The lowest BCUT2D eigenvalue weighted by Gasteiger charge is -2.25. The van der Waals surface area contributed by atoms with Crippen LogP contribution < -0.4 is 0 Å². The molecule has 0 aliphatic rings. The maximum Gasteiger partial charge on any atom is 0.0480 e. The van der Waals surface area contributed by atoms with Crippen LogP contribution in [0.2, 0.25) is 0 Å². The summed E-state index contributed by atoms with van der Waals surface area (Å²) in [6.45, 7) is 11.7. The van der Waals surface area contributed by atoms with Crippen LogP contribution in [0.3, 0.4) is 0 Å². The maximum atomic E-state index is 2.42. The number of benzene rings is 2. The van der Waals surface area contributed by atoms with Crippen LogP contribution in [0, 0.1) is 0 Å². The summed E-state index contributed by atoms with van der Waals surface area (Å²) in [4.78, 5) is 0. The Morgan fingerprint density at radius 2 is 1.63 bits per heavy atom. The number of aromatic nitrogens is 1. The van der Waals surface area contributed by atoms with Gasteiger partial charge < -0.3 is 4.57 Å². The molecule has 0 N–H and O–H groups in total. The van der Waals surface area contributed by atoms with E-state index in [1.165, 1.54) is 37.7 Å². The Labute approximate surface area is 166 Å². The van der Waals surface area contributed by atoms with Crippen LogP contribution in [0.15, 0.2) is 54.0 Å². The van der Waals surface area contributed by atoms with E-state index in [0.29, 0.717) is 0 Å². The summed E-state index contributed by atoms with van der Waals surface area (Å²) in [6, 6.07) is 15.8. The molecular formula is C25H29NS. The highest BCUT2D eigenvalue weighted by atomic mass is 32.1. The minimum atomic E-state index is 0.101. The molecule has 0 aliphatic carbocycles. The number of hydrogen-bond donors (Lipinski definition) is 0. The molecule has 2 heterocycles. The minimum absolute atomic E-state index is 0.101. The predicted molar refractivity (Wildman–Crippen MR) is 120 cm³/mol. The fourth-order valence-corrected chi connectivity index (χ4v) is 5.41. The van der Waals surface area contributed by atoms with Gasteiger partial charge >= 0.3 is 0 Å². The van der Waals surface area contributed by atoms with Gasteiger partial charge in [-0.2, -0.15) is 0 Å². The molecule has 27 heavy (non-hydrogen) atoms. The smallest absolute Gasteiger partial charge is 0.0480 e. The van der Waals surface area contributed by atoms with Crippen molar-refractivity contribution in [2.24, 2.45) is 7.05 Å². The highest BCUT2D eigenvalue weighted by Crippen LogP contribution is 2.38. The molecule has 0 saturated carbocycles. The molecule has 0 saturated heterocycles. The van der Waals surface area contributed by atoms with Crippen LogP contribution in [0.5, 0.6) is 0 Å². The fourth-order valence-electron chi connectivity index (χ4n) is 4.25. The highest BCUT2D eigenvalue weighted by molar-refractivity contribution is 7.17. The molecule has 1 nitrogen and oxygen atoms in total. The van der Waals surface area contributed by atoms with Crippen molar-refractivity contribution in [2.75, 3.05) is 0 Å². The zero-order valence-electron chi connectivity index (χ0n) is 17.3. The lowest BCUT2D eigenvalue weighted by atomic mass is 9.78. The van der Waals surface area contributed by atoms with Gasteiger partial charge in [0.05, 0.1) is 0 Å². The zero-order valence-corrected chi connectivity index (χ0v) is 18.1. The van der Waals surface area contributed by atoms with Crippen LogP contribution in [0.4, 0.5) is 0 Å². The summed E-state index contributed by atoms with van der Waals surface area (Å²) in [5.41, 5.74) is 5.89. The first-order valence-electron chi connectivity index (χ1n) is 9.72. The second-order valence-corrected chi connectivity index (χ2v) is 10.4. The topological polar surface area (TPSA) is 4.93 Å². The molecule has 2 aromatic heterocycles. The molecule has 140 valence electrons. The molecule has 0 atom stereocenters. The van der Waals surface area contributed by atoms with E-state index in [1.54, 1.807) is 0 Å². The summed E-state index contributed by atoms with van der Waals surface area (Å²) < 4.78 is 3.64. The average molecular weight is 376 g/mol. The zero-order chi connectivity index (χ0) is 19.4. The molecule has 0 spiro atoms. The molecule has 0 aliphatic heterocycles. The maximum absolute atomic E-state index is 2.42. The lowest BCUT2D eigenvalue weighted by Crippen LogP contribution is -2.20. The van der Waals surface area contributed by atoms with Crippen molar-refractivity contribution in [3.05, 3.63) is 70.7 Å². The Morgan fingerprint density at radius 1 is 0.889 bits per heavy atom. The molecule has 4 rings (SSSR count). The van der Waals surface area contributed by atoms with Crippen molar-refractivity contribution in [1.82, 2.24) is 4.57 Å². The van der Waals surface area contributed by atoms with Crippen molar-refractivity contribution >= 4 is 32.3 Å². The molecule has 2 heteroatoms. The van der Waals surface area contributed by atoms with E-state index < -0.39 is 0 Å². The first-order valence-corrected chi connectivity index (χ1v) is 10.6. The normalized spacial score (nSPS) is 13.0. The predicted octanol–water partition coefficient (Wildman–Crippen LogP) is 7.21. The number of thiophene rings is 1. The van der Waals surface area contributed by atoms with Gasteiger partial charge in [-0.15, -0.1) is 11.3 Å². The van der Waals surface area contributed by atoms with Crippen molar-refractivity contribution in [2.45, 2.75) is 51.9 Å². The van der Waals surface area contributed by atoms with Crippen LogP contribution >= 0.6 is 11.3 Å². The second-order valence-electron chi connectivity index (χ2n) is 9.46. The van der Waals surface area contributed by atoms with Gasteiger partial charge in [0.1, 0.15) is 0 Å². The Balaban J connectivity index is 1.76. The Morgan fingerprint density at radius 3 is 2.37 bits per heavy atom. The molecule has 0 bridgehead atoms. The van der Waals surface area contributed by atoms with Gasteiger partial charge in [-0.1, -0.05) is 58.9 Å². The SMILES string of the molecule is Cn1cc(C(C)(C)C)c2cc(CC(C)(C)c3csc4ccccc34)ccc21. The third-order valence-electron chi connectivity index (χ3n) is 5.72. The minimum Gasteiger partial charge on any atom is -0.350 e. The Kier molecular flexibility index (Phi) is 4.23. The summed E-state index contributed by atoms with van der Waals surface area (Å²) in [7, 11) is 2.15. The summed E-state index contributed by atoms with van der Waals surface area (Å²) in [5.74, 6) is 0. The van der Waals surface area contributed by atoms with Crippen molar-refractivity contribution in [3.8, 4) is 0 Å². The summed E-state index contributed by atoms with van der Waals surface area (Å²) in [6.07, 6.45) is 3.34. The number of aryl methyl sites for hydroxylation is 1. The van der Waals surface area contributed by atoms with E-state index in [9.17, 15) is 0 Å². The van der Waals surface area contributed by atoms with Gasteiger partial charge in [0.2, 0.25) is 0 Å². The monoisotopic (exact) mass is 375 g/mol. The summed E-state index contributed by atoms with van der Waals surface area (Å²) >= 11 is 1.86. The molecule has 2 aromatic carbocycles. The molecule has 0 unspecified atom stereocenters. The lowest BCUT2D eigenvalue weighted by molar-refractivity contribution is 0.529. The van der Waals surface area contributed by atoms with E-state index in [0.717, 1.165) is 6.42 Å². The molecule has 0 fully saturated rings. The van der Waals surface area contributed by atoms with Gasteiger partial charge in [-0.3, -0.25) is 0 Å². The average Bonchev–Trinajstić information content (AvgIpc) is 3.16. The van der Waals surface area contributed by atoms with E-state index in [-0.39, 0.29) is 10.8 Å². The standard InChI is InChI=1S/C25H29NS/c1-24(2,3)20-15-26(6)22-12-11-17(13-19(20)22)14-25(4,5)21-16-27-23-10-8-7-9-18(21)23/h7-13,15-16H,14H2,1-6H3. The van der Waals surface area contributed by atoms with Gasteiger partial charge in [0.25, 0.3) is 0 Å². The number of nitrogens with zero attached hydrogens (tertiary/aromatic N) is 1. The van der Waals surface area contributed by atoms with Gasteiger partial charge in [0, 0.05) is 28.8 Å². The first kappa shape index (κ1) is 18.3. The van der Waals surface area contributed by atoms with Gasteiger partial charge in [-0.25, -0.2) is 0 Å². The first-order chi connectivity index (χ1) is 12.7. The molecule has 4 aromatic rings. The van der Waals surface area contributed by atoms with Crippen LogP contribution in [0.1, 0.15) is 51.3 Å². The van der Waals surface area contributed by atoms with Crippen LogP contribution in [0.25, 0.3) is 21.0 Å². The van der Waals surface area contributed by atoms with E-state index in [2.05, 4.69) is 100 Å². The molecule has 0 radical (unpaired) electrons. The molecule has 0 amide bonds. The van der Waals surface area contributed by atoms with E-state index >= 15 is 0 Å². The van der Waals surface area contributed by atoms with E-state index in [1.807, 2.05) is 11.3 Å². The van der Waals surface area contributed by atoms with Gasteiger partial charge in [0.15, 0.2) is 0 Å². The fraction of sp³-hybridized carbons (Fsp3) is 0.360. The van der Waals surface area contributed by atoms with Crippen molar-refractivity contribution in [1.29, 1.82) is 0 Å². The summed E-state index contributed by atoms with van der Waals surface area (Å²) in [5, 5.41) is 5.16. The third kappa shape index (κ3) is 3.21. The second kappa shape index (κ2) is 6.24. The highest BCUT2D eigenvalue weighted by Gasteiger charge is 2.25. The van der Waals surface area contributed by atoms with E-state index in [4.69, 9.17) is 0 Å². The van der Waals surface area contributed by atoms with Crippen molar-refractivity contribution in [3.63, 3.8) is 0 Å². The van der Waals surface area contributed by atoms with Gasteiger partial charge in [-0.05, 0) is 62.9 Å². The van der Waals surface area contributed by atoms with Crippen LogP contribution in [-0.4, -0.2) is 4.57 Å². The Hall–Kier alpha value is -2.06. The third-order valence-corrected chi connectivity index (χ3v) is 6.68. The Bertz CT molecular complexity index is 1120. The molecular weight excluding hydrogens is 346 g/mol. The van der Waals surface area contributed by atoms with Crippen molar-refractivity contribution < 1.29 is 0 Å². The number of fused-ring (bicyclic) bond motifs is 2. The van der Waals surface area contributed by atoms with Crippen LogP contribution in [-0.2, 0) is 24.3 Å². The quantitative estimate of drug-likeness (QED) is 0.356. The number of hydrogen-bond acceptors (Lipinski definition) is 1. The number of rotatable bonds is 3.